The van der Waals surface area contributed by atoms with Crippen molar-refractivity contribution in [1.82, 2.24) is 4.90 Å². The van der Waals surface area contributed by atoms with E-state index in [1.54, 1.807) is 11.1 Å². The molecule has 2 aromatic carbocycles. The monoisotopic (exact) mass is 605 g/mol. The molecule has 0 radical (unpaired) electrons. The molecule has 6 aliphatic rings. The highest BCUT2D eigenvalue weighted by Gasteiger charge is 2.59. The molecular formula is C41H51NO3. The molecule has 0 amide bonds. The van der Waals surface area contributed by atoms with Gasteiger partial charge in [0, 0.05) is 37.9 Å². The Morgan fingerprint density at radius 1 is 1.02 bits per heavy atom. The van der Waals surface area contributed by atoms with Gasteiger partial charge in [-0.25, -0.2) is 0 Å². The summed E-state index contributed by atoms with van der Waals surface area (Å²) < 4.78 is 13.4. The SMILES string of the molecule is CC1=C2C[C@H]3[C@@H](CC=C4CC(=O)CC[C@@]43C)[C@@H]2CC[C@@]2(C1)O[C@@H]1C[C@H](C)CN(Cc3ccc(Oc4ccccc4)cc3)[C@H]1[C@H]2C. The van der Waals surface area contributed by atoms with Crippen LogP contribution in [-0.2, 0) is 16.1 Å². The molecule has 0 bridgehead atoms. The third kappa shape index (κ3) is 5.06. The molecule has 4 fully saturated rings. The van der Waals surface area contributed by atoms with Crippen molar-refractivity contribution in [3.05, 3.63) is 83.0 Å². The zero-order valence-corrected chi connectivity index (χ0v) is 27.8. The molecule has 0 N–H and O–H groups in total. The summed E-state index contributed by atoms with van der Waals surface area (Å²) in [6, 6.07) is 19.2. The van der Waals surface area contributed by atoms with Gasteiger partial charge in [-0.15, -0.1) is 0 Å². The van der Waals surface area contributed by atoms with E-state index in [1.807, 2.05) is 30.3 Å². The first-order valence-corrected chi connectivity index (χ1v) is 17.9. The highest BCUT2D eigenvalue weighted by atomic mass is 16.5. The van der Waals surface area contributed by atoms with Crippen LogP contribution in [0.15, 0.2) is 77.4 Å². The quantitative estimate of drug-likeness (QED) is 0.326. The lowest BCUT2D eigenvalue weighted by molar-refractivity contribution is -0.121. The number of allylic oxidation sites excluding steroid dienone is 3. The van der Waals surface area contributed by atoms with E-state index in [0.29, 0.717) is 48.0 Å². The summed E-state index contributed by atoms with van der Waals surface area (Å²) in [5.41, 5.74) is 6.38. The van der Waals surface area contributed by atoms with E-state index >= 15 is 0 Å². The first kappa shape index (κ1) is 29.7. The molecule has 8 rings (SSSR count). The van der Waals surface area contributed by atoms with Crippen molar-refractivity contribution >= 4 is 5.78 Å². The number of carbonyl (C=O) groups is 1. The number of piperidine rings is 1. The number of ether oxygens (including phenoxy) is 2. The average molecular weight is 606 g/mol. The van der Waals surface area contributed by atoms with Crippen LogP contribution in [0.25, 0.3) is 0 Å². The van der Waals surface area contributed by atoms with Gasteiger partial charge >= 0.3 is 0 Å². The Balaban J connectivity index is 1.00. The molecule has 2 aliphatic heterocycles. The van der Waals surface area contributed by atoms with Crippen LogP contribution >= 0.6 is 0 Å². The maximum atomic E-state index is 12.3. The maximum Gasteiger partial charge on any atom is 0.136 e. The first-order chi connectivity index (χ1) is 21.7. The van der Waals surface area contributed by atoms with E-state index in [9.17, 15) is 4.79 Å². The summed E-state index contributed by atoms with van der Waals surface area (Å²) in [5.74, 6) is 5.47. The molecule has 4 heteroatoms. The number of carbonyl (C=O) groups excluding carboxylic acids is 1. The molecule has 45 heavy (non-hydrogen) atoms. The summed E-state index contributed by atoms with van der Waals surface area (Å²) in [6.07, 6.45) is 12.5. The van der Waals surface area contributed by atoms with E-state index in [4.69, 9.17) is 9.47 Å². The lowest BCUT2D eigenvalue weighted by Crippen LogP contribution is -2.51. The third-order valence-corrected chi connectivity index (χ3v) is 13.4. The van der Waals surface area contributed by atoms with Crippen molar-refractivity contribution in [1.29, 1.82) is 0 Å². The molecule has 2 saturated heterocycles. The Morgan fingerprint density at radius 2 is 1.80 bits per heavy atom. The first-order valence-electron chi connectivity index (χ1n) is 17.9. The average Bonchev–Trinajstić information content (AvgIpc) is 3.49. The van der Waals surface area contributed by atoms with E-state index in [0.717, 1.165) is 49.8 Å². The van der Waals surface area contributed by atoms with Gasteiger partial charge in [0.05, 0.1) is 11.7 Å². The molecule has 238 valence electrons. The summed E-state index contributed by atoms with van der Waals surface area (Å²) in [5, 5.41) is 0. The number of fused-ring (bicyclic) bond motifs is 6. The topological polar surface area (TPSA) is 38.8 Å². The molecule has 9 atom stereocenters. The highest BCUT2D eigenvalue weighted by molar-refractivity contribution is 5.82. The fourth-order valence-corrected chi connectivity index (χ4v) is 11.1. The molecule has 1 spiro atoms. The van der Waals surface area contributed by atoms with E-state index in [-0.39, 0.29) is 11.0 Å². The zero-order valence-electron chi connectivity index (χ0n) is 27.8. The van der Waals surface area contributed by atoms with Crippen molar-refractivity contribution in [2.24, 2.45) is 35.0 Å². The van der Waals surface area contributed by atoms with Crippen molar-refractivity contribution in [3.63, 3.8) is 0 Å². The number of Topliss-reactive ketones (excluding diaryl/α,β-unsaturated/α-hetero) is 1. The number of ketones is 1. The van der Waals surface area contributed by atoms with Crippen LogP contribution < -0.4 is 4.74 Å². The van der Waals surface area contributed by atoms with Crippen molar-refractivity contribution in [2.45, 2.75) is 110 Å². The summed E-state index contributed by atoms with van der Waals surface area (Å²) in [4.78, 5) is 15.1. The van der Waals surface area contributed by atoms with Gasteiger partial charge in [0.25, 0.3) is 0 Å². The van der Waals surface area contributed by atoms with Crippen LogP contribution in [0.2, 0.25) is 0 Å². The second-order valence-electron chi connectivity index (χ2n) is 16.0. The predicted molar refractivity (Wildman–Crippen MR) is 179 cm³/mol. The predicted octanol–water partition coefficient (Wildman–Crippen LogP) is 9.31. The molecule has 0 aromatic heterocycles. The largest absolute Gasteiger partial charge is 0.457 e. The minimum absolute atomic E-state index is 0.0568. The van der Waals surface area contributed by atoms with Crippen molar-refractivity contribution in [2.75, 3.05) is 6.54 Å². The minimum Gasteiger partial charge on any atom is -0.457 e. The Labute approximate surface area is 270 Å². The Hall–Kier alpha value is -2.69. The number of rotatable bonds is 4. The van der Waals surface area contributed by atoms with Crippen LogP contribution in [0, 0.1) is 35.0 Å². The minimum atomic E-state index is -0.0568. The van der Waals surface area contributed by atoms with E-state index in [2.05, 4.69) is 62.9 Å². The van der Waals surface area contributed by atoms with Gasteiger partial charge in [-0.2, -0.15) is 0 Å². The lowest BCUT2D eigenvalue weighted by atomic mass is 9.57. The number of benzene rings is 2. The number of likely N-dealkylation sites (tertiary alicyclic amines) is 1. The zero-order chi connectivity index (χ0) is 30.9. The molecule has 4 aliphatic carbocycles. The Bertz CT molecular complexity index is 1510. The number of hydrogen-bond donors (Lipinski definition) is 0. The Morgan fingerprint density at radius 3 is 2.60 bits per heavy atom. The normalized spacial score (nSPS) is 39.5. The molecule has 4 nitrogen and oxygen atoms in total. The van der Waals surface area contributed by atoms with Crippen LogP contribution in [0.3, 0.4) is 0 Å². The second-order valence-corrected chi connectivity index (χ2v) is 16.0. The van der Waals surface area contributed by atoms with Gasteiger partial charge in [-0.05, 0) is 111 Å². The van der Waals surface area contributed by atoms with Gasteiger partial charge in [0.2, 0.25) is 0 Å². The lowest BCUT2D eigenvalue weighted by Gasteiger charge is -2.47. The van der Waals surface area contributed by atoms with Crippen LogP contribution in [0.4, 0.5) is 0 Å². The molecular weight excluding hydrogens is 554 g/mol. The smallest absolute Gasteiger partial charge is 0.136 e. The molecule has 2 heterocycles. The Kier molecular flexibility index (Phi) is 7.41. The van der Waals surface area contributed by atoms with Gasteiger partial charge < -0.3 is 9.47 Å². The molecule has 2 aromatic rings. The van der Waals surface area contributed by atoms with Gasteiger partial charge in [0.1, 0.15) is 17.3 Å². The van der Waals surface area contributed by atoms with Crippen molar-refractivity contribution in [3.8, 4) is 11.5 Å². The number of nitrogens with zero attached hydrogens (tertiary/aromatic N) is 1. The molecule has 2 saturated carbocycles. The van der Waals surface area contributed by atoms with E-state index < -0.39 is 0 Å². The second kappa shape index (κ2) is 11.2. The number of hydrogen-bond acceptors (Lipinski definition) is 4. The summed E-state index contributed by atoms with van der Waals surface area (Å²) in [7, 11) is 0. The standard InChI is InChI=1S/C41H51NO3/c1-26-20-38-39(42(24-26)25-29-10-13-33(14-11-29)44-32-8-6-5-7-9-32)28(3)41(45-38)19-17-34-35-15-12-30-21-31(43)16-18-40(30,4)37(35)22-36(34)27(2)23-41/h5-14,26,28,34-35,37-39H,15-25H2,1-4H3/t26-,28+,34-,35-,37-,38+,39-,40-,41-/m0/s1. The fourth-order valence-electron chi connectivity index (χ4n) is 11.1. The van der Waals surface area contributed by atoms with Crippen LogP contribution in [-0.4, -0.2) is 35.0 Å². The highest BCUT2D eigenvalue weighted by Crippen LogP contribution is 2.63. The fraction of sp³-hybridized carbons (Fsp3) is 0.585. The number of para-hydroxylation sites is 1. The van der Waals surface area contributed by atoms with Crippen LogP contribution in [0.5, 0.6) is 11.5 Å². The summed E-state index contributed by atoms with van der Waals surface area (Å²) >= 11 is 0. The van der Waals surface area contributed by atoms with E-state index in [1.165, 1.54) is 43.2 Å². The van der Waals surface area contributed by atoms with Crippen molar-refractivity contribution < 1.29 is 14.3 Å². The summed E-state index contributed by atoms with van der Waals surface area (Å²) in [6.45, 7) is 12.0. The van der Waals surface area contributed by atoms with Crippen LogP contribution in [0.1, 0.15) is 91.0 Å². The molecule has 0 unspecified atom stereocenters. The van der Waals surface area contributed by atoms with Gasteiger partial charge in [0.15, 0.2) is 0 Å². The third-order valence-electron chi connectivity index (χ3n) is 13.4. The van der Waals surface area contributed by atoms with Gasteiger partial charge in [-0.1, -0.05) is 73.9 Å². The van der Waals surface area contributed by atoms with Gasteiger partial charge in [-0.3, -0.25) is 9.69 Å². The maximum absolute atomic E-state index is 12.3.